The van der Waals surface area contributed by atoms with Crippen LogP contribution in [0.5, 0.6) is 11.5 Å². The van der Waals surface area contributed by atoms with Crippen molar-refractivity contribution in [3.8, 4) is 11.5 Å². The third-order valence-corrected chi connectivity index (χ3v) is 8.64. The van der Waals surface area contributed by atoms with E-state index in [1.54, 1.807) is 30.3 Å². The third-order valence-electron chi connectivity index (χ3n) is 8.11. The molecule has 0 aliphatic carbocycles. The molecule has 6 rings (SSSR count). The Morgan fingerprint density at radius 3 is 2.64 bits per heavy atom. The van der Waals surface area contributed by atoms with E-state index in [-0.39, 0.29) is 23.5 Å². The molecule has 202 valence electrons. The Balaban J connectivity index is 1.43. The zero-order valence-electron chi connectivity index (χ0n) is 21.2. The SMILES string of the molecule is CCOc1cc([C@@H]2[C@@H]3CCCN3[C@@]3(C(=O)Nc4ccccc43)[C@@H]2[N+](=O)[O-])cc(Cl)c1OCc1ccc(Cl)cc1. The summed E-state index contributed by atoms with van der Waals surface area (Å²) in [5.74, 6) is -0.145. The van der Waals surface area contributed by atoms with Gasteiger partial charge in [-0.1, -0.05) is 53.5 Å². The largest absolute Gasteiger partial charge is 0.490 e. The van der Waals surface area contributed by atoms with Gasteiger partial charge in [0.2, 0.25) is 0 Å². The zero-order chi connectivity index (χ0) is 27.3. The number of ether oxygens (including phenoxy) is 2. The highest BCUT2D eigenvalue weighted by molar-refractivity contribution is 6.32. The first-order chi connectivity index (χ1) is 18.9. The summed E-state index contributed by atoms with van der Waals surface area (Å²) in [5.41, 5.74) is 1.45. The average Bonchev–Trinajstić information content (AvgIpc) is 3.57. The van der Waals surface area contributed by atoms with Crippen LogP contribution >= 0.6 is 23.2 Å². The second-order valence-electron chi connectivity index (χ2n) is 10.1. The second kappa shape index (κ2) is 10.0. The van der Waals surface area contributed by atoms with Gasteiger partial charge in [0.05, 0.1) is 17.5 Å². The number of hydrogen-bond acceptors (Lipinski definition) is 6. The lowest BCUT2D eigenvalue weighted by molar-refractivity contribution is -0.534. The number of amides is 1. The summed E-state index contributed by atoms with van der Waals surface area (Å²) in [7, 11) is 0. The number of benzene rings is 3. The number of nitro groups is 1. The molecule has 3 aromatic rings. The van der Waals surface area contributed by atoms with E-state index in [2.05, 4.69) is 5.32 Å². The van der Waals surface area contributed by atoms with Crippen LogP contribution in [0.1, 0.15) is 42.4 Å². The van der Waals surface area contributed by atoms with Crippen molar-refractivity contribution >= 4 is 34.8 Å². The summed E-state index contributed by atoms with van der Waals surface area (Å²) >= 11 is 12.8. The van der Waals surface area contributed by atoms with E-state index in [4.69, 9.17) is 32.7 Å². The summed E-state index contributed by atoms with van der Waals surface area (Å²) in [6.45, 7) is 3.05. The number of anilines is 1. The lowest BCUT2D eigenvalue weighted by atomic mass is 9.77. The van der Waals surface area contributed by atoms with Gasteiger partial charge in [0, 0.05) is 33.8 Å². The van der Waals surface area contributed by atoms with E-state index in [0.717, 1.165) is 18.4 Å². The number of carbonyl (C=O) groups is 1. The monoisotopic (exact) mass is 567 g/mol. The van der Waals surface area contributed by atoms with Crippen LogP contribution in [0.25, 0.3) is 0 Å². The number of para-hydroxylation sites is 1. The molecule has 1 spiro atoms. The summed E-state index contributed by atoms with van der Waals surface area (Å²) < 4.78 is 12.0. The highest BCUT2D eigenvalue weighted by Crippen LogP contribution is 2.58. The molecule has 3 aliphatic rings. The molecule has 0 radical (unpaired) electrons. The van der Waals surface area contributed by atoms with Gasteiger partial charge in [0.1, 0.15) is 6.61 Å². The Kier molecular flexibility index (Phi) is 6.65. The number of halogens is 2. The fraction of sp³-hybridized carbons (Fsp3) is 0.345. The Morgan fingerprint density at radius 2 is 1.90 bits per heavy atom. The molecule has 10 heteroatoms. The molecule has 0 saturated carbocycles. The maximum atomic E-state index is 13.7. The smallest absolute Gasteiger partial charge is 0.256 e. The first-order valence-corrected chi connectivity index (χ1v) is 13.8. The average molecular weight is 568 g/mol. The summed E-state index contributed by atoms with van der Waals surface area (Å²) in [5, 5.41) is 16.7. The van der Waals surface area contributed by atoms with Crippen molar-refractivity contribution in [2.75, 3.05) is 18.5 Å². The Morgan fingerprint density at radius 1 is 1.13 bits per heavy atom. The Labute approximate surface area is 236 Å². The van der Waals surface area contributed by atoms with Gasteiger partial charge in [-0.3, -0.25) is 19.8 Å². The van der Waals surface area contributed by atoms with E-state index < -0.39 is 17.5 Å². The number of rotatable bonds is 7. The molecule has 2 saturated heterocycles. The topological polar surface area (TPSA) is 93.9 Å². The molecule has 0 bridgehead atoms. The van der Waals surface area contributed by atoms with Crippen LogP contribution in [0.3, 0.4) is 0 Å². The third kappa shape index (κ3) is 4.04. The van der Waals surface area contributed by atoms with Crippen LogP contribution in [0.4, 0.5) is 5.69 Å². The molecular formula is C29H27Cl2N3O5. The van der Waals surface area contributed by atoms with E-state index in [0.29, 0.717) is 51.5 Å². The summed E-state index contributed by atoms with van der Waals surface area (Å²) in [6, 6.07) is 16.7. The van der Waals surface area contributed by atoms with Gasteiger partial charge >= 0.3 is 0 Å². The first kappa shape index (κ1) is 25.9. The number of hydrogen-bond donors (Lipinski definition) is 1. The first-order valence-electron chi connectivity index (χ1n) is 13.0. The number of nitrogens with one attached hydrogen (secondary N) is 1. The predicted molar refractivity (Wildman–Crippen MR) is 148 cm³/mol. The molecule has 3 heterocycles. The minimum Gasteiger partial charge on any atom is -0.490 e. The minimum atomic E-state index is -1.39. The second-order valence-corrected chi connectivity index (χ2v) is 10.9. The summed E-state index contributed by atoms with van der Waals surface area (Å²) in [6.07, 6.45) is 1.58. The van der Waals surface area contributed by atoms with E-state index in [1.807, 2.05) is 42.2 Å². The Hall–Kier alpha value is -3.33. The lowest BCUT2D eigenvalue weighted by Crippen LogP contribution is -2.55. The van der Waals surface area contributed by atoms with Crippen molar-refractivity contribution in [1.29, 1.82) is 0 Å². The number of nitrogens with zero attached hydrogens (tertiary/aromatic N) is 2. The maximum Gasteiger partial charge on any atom is 0.256 e. The van der Waals surface area contributed by atoms with Crippen LogP contribution in [-0.4, -0.2) is 41.0 Å². The molecule has 4 atom stereocenters. The quantitative estimate of drug-likeness (QED) is 0.277. The molecular weight excluding hydrogens is 541 g/mol. The van der Waals surface area contributed by atoms with Crippen LogP contribution in [0.15, 0.2) is 60.7 Å². The summed E-state index contributed by atoms with van der Waals surface area (Å²) in [4.78, 5) is 28.3. The van der Waals surface area contributed by atoms with Gasteiger partial charge in [0.25, 0.3) is 11.9 Å². The van der Waals surface area contributed by atoms with Gasteiger partial charge in [-0.25, -0.2) is 0 Å². The van der Waals surface area contributed by atoms with E-state index in [1.165, 1.54) is 0 Å². The van der Waals surface area contributed by atoms with Crippen LogP contribution in [0.2, 0.25) is 10.0 Å². The van der Waals surface area contributed by atoms with Crippen LogP contribution in [0, 0.1) is 10.1 Å². The Bertz CT molecular complexity index is 1450. The van der Waals surface area contributed by atoms with Gasteiger partial charge < -0.3 is 14.8 Å². The van der Waals surface area contributed by atoms with Gasteiger partial charge in [0.15, 0.2) is 17.0 Å². The number of carbonyl (C=O) groups excluding carboxylic acids is 1. The molecule has 8 nitrogen and oxygen atoms in total. The fourth-order valence-corrected chi connectivity index (χ4v) is 7.09. The van der Waals surface area contributed by atoms with E-state index in [9.17, 15) is 14.9 Å². The number of fused-ring (bicyclic) bond motifs is 4. The van der Waals surface area contributed by atoms with Gasteiger partial charge in [-0.2, -0.15) is 0 Å². The molecule has 1 amide bonds. The molecule has 3 aliphatic heterocycles. The fourth-order valence-electron chi connectivity index (χ4n) is 6.69. The minimum absolute atomic E-state index is 0.205. The lowest BCUT2D eigenvalue weighted by Gasteiger charge is -2.32. The predicted octanol–water partition coefficient (Wildman–Crippen LogP) is 6.03. The van der Waals surface area contributed by atoms with E-state index >= 15 is 0 Å². The van der Waals surface area contributed by atoms with Crippen LogP contribution in [-0.2, 0) is 16.9 Å². The van der Waals surface area contributed by atoms with Crippen molar-refractivity contribution < 1.29 is 19.2 Å². The highest BCUT2D eigenvalue weighted by Gasteiger charge is 2.73. The molecule has 0 aromatic heterocycles. The van der Waals surface area contributed by atoms with Crippen LogP contribution < -0.4 is 14.8 Å². The maximum absolute atomic E-state index is 13.7. The molecule has 1 N–H and O–H groups in total. The normalized spacial score (nSPS) is 25.4. The molecule has 3 aromatic carbocycles. The van der Waals surface area contributed by atoms with Crippen molar-refractivity contribution in [3.05, 3.63) is 97.5 Å². The standard InChI is InChI=1S/C29H27Cl2N3O5/c1-2-38-24-15-18(14-21(31)26(24)39-16-17-9-11-19(30)12-10-17)25-23-8-5-13-33(23)29(27(25)34(36)37)20-6-3-4-7-22(20)32-28(29)35/h3-4,6-7,9-12,14-15,23,25,27H,2,5,8,13,16H2,1H3,(H,32,35)/t23-,25+,27+,29+/m0/s1. The zero-order valence-corrected chi connectivity index (χ0v) is 22.7. The van der Waals surface area contributed by atoms with Gasteiger partial charge in [-0.15, -0.1) is 0 Å². The highest BCUT2D eigenvalue weighted by atomic mass is 35.5. The van der Waals surface area contributed by atoms with Crippen molar-refractivity contribution in [2.45, 2.75) is 49.9 Å². The molecule has 39 heavy (non-hydrogen) atoms. The van der Waals surface area contributed by atoms with Crippen molar-refractivity contribution in [1.82, 2.24) is 4.90 Å². The molecule has 2 fully saturated rings. The molecule has 0 unspecified atom stereocenters. The van der Waals surface area contributed by atoms with Gasteiger partial charge in [-0.05, 0) is 61.2 Å². The van der Waals surface area contributed by atoms with Crippen molar-refractivity contribution in [2.24, 2.45) is 0 Å². The van der Waals surface area contributed by atoms with Crippen molar-refractivity contribution in [3.63, 3.8) is 0 Å².